The summed E-state index contributed by atoms with van der Waals surface area (Å²) in [5.41, 5.74) is 1.21. The third-order valence-electron chi connectivity index (χ3n) is 3.37. The van der Waals surface area contributed by atoms with Gasteiger partial charge in [-0.1, -0.05) is 0 Å². The Hall–Kier alpha value is -0.670. The molecule has 0 radical (unpaired) electrons. The second-order valence-electron chi connectivity index (χ2n) is 4.36. The molecule has 3 rings (SSSR count). The number of nitrogens with one attached hydrogen (secondary N) is 1. The number of aryl methyl sites for hydroxylation is 1. The molecule has 1 saturated carbocycles. The molecule has 0 amide bonds. The van der Waals surface area contributed by atoms with Crippen molar-refractivity contribution in [2.24, 2.45) is 17.8 Å². The summed E-state index contributed by atoms with van der Waals surface area (Å²) in [7, 11) is 0. The van der Waals surface area contributed by atoms with Crippen LogP contribution in [0.1, 0.15) is 15.2 Å². The third-order valence-corrected chi connectivity index (χ3v) is 4.43. The Morgan fingerprint density at radius 1 is 1.50 bits per heavy atom. The Labute approximate surface area is 87.3 Å². The second kappa shape index (κ2) is 2.91. The van der Waals surface area contributed by atoms with Crippen LogP contribution >= 0.6 is 11.3 Å². The van der Waals surface area contributed by atoms with E-state index in [1.54, 1.807) is 11.3 Å². The lowest BCUT2D eigenvalue weighted by atomic mass is 10.1. The normalized spacial score (nSPS) is 34.2. The van der Waals surface area contributed by atoms with E-state index >= 15 is 0 Å². The van der Waals surface area contributed by atoms with Crippen LogP contribution in [-0.4, -0.2) is 18.9 Å². The Bertz CT molecular complexity index is 374. The maximum absolute atomic E-state index is 12.0. The summed E-state index contributed by atoms with van der Waals surface area (Å²) in [6, 6.07) is 2.02. The van der Waals surface area contributed by atoms with Crippen LogP contribution in [0.3, 0.4) is 0 Å². The maximum Gasteiger partial charge on any atom is 0.176 e. The van der Waals surface area contributed by atoms with Gasteiger partial charge in [-0.25, -0.2) is 0 Å². The lowest BCUT2D eigenvalue weighted by Crippen LogP contribution is -2.18. The summed E-state index contributed by atoms with van der Waals surface area (Å²) in [6.07, 6.45) is 0. The zero-order chi connectivity index (χ0) is 9.71. The van der Waals surface area contributed by atoms with Gasteiger partial charge in [-0.15, -0.1) is 11.3 Å². The minimum Gasteiger partial charge on any atom is -0.316 e. The first kappa shape index (κ1) is 8.62. The highest BCUT2D eigenvalue weighted by atomic mass is 32.1. The van der Waals surface area contributed by atoms with Crippen molar-refractivity contribution in [3.8, 4) is 0 Å². The molecular formula is C11H13NOS. The van der Waals surface area contributed by atoms with Gasteiger partial charge >= 0.3 is 0 Å². The van der Waals surface area contributed by atoms with Gasteiger partial charge in [0.1, 0.15) is 0 Å². The molecule has 1 saturated heterocycles. The first-order valence-corrected chi connectivity index (χ1v) is 5.95. The van der Waals surface area contributed by atoms with Crippen molar-refractivity contribution in [2.75, 3.05) is 13.1 Å². The van der Waals surface area contributed by atoms with Gasteiger partial charge in [-0.2, -0.15) is 0 Å². The fourth-order valence-electron chi connectivity index (χ4n) is 2.53. The summed E-state index contributed by atoms with van der Waals surface area (Å²) in [5, 5.41) is 5.37. The molecule has 0 aromatic carbocycles. The van der Waals surface area contributed by atoms with E-state index in [0.717, 1.165) is 18.0 Å². The van der Waals surface area contributed by atoms with E-state index in [9.17, 15) is 4.79 Å². The predicted molar refractivity (Wildman–Crippen MR) is 56.7 cm³/mol. The fraction of sp³-hybridized carbons (Fsp3) is 0.545. The first-order chi connectivity index (χ1) is 6.77. The molecule has 2 fully saturated rings. The van der Waals surface area contributed by atoms with Gasteiger partial charge in [0, 0.05) is 5.92 Å². The molecule has 1 N–H and O–H groups in total. The predicted octanol–water partition coefficient (Wildman–Crippen LogP) is 1.70. The number of piperidine rings is 1. The largest absolute Gasteiger partial charge is 0.316 e. The molecule has 0 spiro atoms. The van der Waals surface area contributed by atoms with Gasteiger partial charge in [-0.05, 0) is 48.9 Å². The number of ketones is 1. The first-order valence-electron chi connectivity index (χ1n) is 5.07. The van der Waals surface area contributed by atoms with Crippen molar-refractivity contribution in [3.63, 3.8) is 0 Å². The van der Waals surface area contributed by atoms with Gasteiger partial charge in [0.15, 0.2) is 5.78 Å². The molecule has 2 atom stereocenters. The van der Waals surface area contributed by atoms with E-state index in [0.29, 0.717) is 23.5 Å². The molecule has 1 aromatic rings. The molecule has 1 aromatic heterocycles. The van der Waals surface area contributed by atoms with Gasteiger partial charge < -0.3 is 5.32 Å². The van der Waals surface area contributed by atoms with E-state index in [1.807, 2.05) is 13.0 Å². The second-order valence-corrected chi connectivity index (χ2v) is 5.28. The molecule has 1 aliphatic carbocycles. The van der Waals surface area contributed by atoms with Crippen molar-refractivity contribution >= 4 is 17.1 Å². The van der Waals surface area contributed by atoms with Crippen LogP contribution in [-0.2, 0) is 0 Å². The molecular weight excluding hydrogens is 194 g/mol. The smallest absolute Gasteiger partial charge is 0.176 e. The van der Waals surface area contributed by atoms with E-state index in [2.05, 4.69) is 10.7 Å². The van der Waals surface area contributed by atoms with Crippen LogP contribution in [0.5, 0.6) is 0 Å². The highest BCUT2D eigenvalue weighted by molar-refractivity contribution is 7.12. The number of Topliss-reactive ketones (excluding diaryl/α,β-unsaturated/α-hetero) is 1. The number of thiophene rings is 1. The zero-order valence-corrected chi connectivity index (χ0v) is 8.93. The number of fused-ring (bicyclic) bond motifs is 1. The topological polar surface area (TPSA) is 29.1 Å². The molecule has 1 aliphatic heterocycles. The van der Waals surface area contributed by atoms with Crippen molar-refractivity contribution in [1.82, 2.24) is 5.32 Å². The average Bonchev–Trinajstić information content (AvgIpc) is 2.56. The quantitative estimate of drug-likeness (QED) is 0.748. The van der Waals surface area contributed by atoms with Gasteiger partial charge in [0.2, 0.25) is 0 Å². The molecule has 0 bridgehead atoms. The van der Waals surface area contributed by atoms with Crippen molar-refractivity contribution in [2.45, 2.75) is 6.92 Å². The van der Waals surface area contributed by atoms with Crippen molar-refractivity contribution in [1.29, 1.82) is 0 Å². The summed E-state index contributed by atoms with van der Waals surface area (Å²) in [6.45, 7) is 4.14. The highest BCUT2D eigenvalue weighted by Crippen LogP contribution is 2.50. The van der Waals surface area contributed by atoms with E-state index in [-0.39, 0.29) is 0 Å². The van der Waals surface area contributed by atoms with Crippen LogP contribution in [0, 0.1) is 24.7 Å². The van der Waals surface area contributed by atoms with Crippen molar-refractivity contribution in [3.05, 3.63) is 21.9 Å². The Morgan fingerprint density at radius 3 is 2.79 bits per heavy atom. The van der Waals surface area contributed by atoms with E-state index < -0.39 is 0 Å². The highest BCUT2D eigenvalue weighted by Gasteiger charge is 2.56. The molecule has 2 nitrogen and oxygen atoms in total. The zero-order valence-electron chi connectivity index (χ0n) is 8.12. The van der Waals surface area contributed by atoms with E-state index in [4.69, 9.17) is 0 Å². The molecule has 3 heteroatoms. The number of hydrogen-bond acceptors (Lipinski definition) is 3. The number of carbonyl (C=O) groups excluding carboxylic acids is 1. The number of rotatable bonds is 2. The Balaban J connectivity index is 1.78. The van der Waals surface area contributed by atoms with Crippen LogP contribution < -0.4 is 5.32 Å². The Kier molecular flexibility index (Phi) is 1.79. The maximum atomic E-state index is 12.0. The summed E-state index contributed by atoms with van der Waals surface area (Å²) < 4.78 is 0. The van der Waals surface area contributed by atoms with Gasteiger partial charge in [0.05, 0.1) is 4.88 Å². The minimum absolute atomic E-state index is 0.342. The SMILES string of the molecule is Cc1csc(C(=O)C2C3CNCC32)c1. The van der Waals surface area contributed by atoms with Crippen LogP contribution in [0.25, 0.3) is 0 Å². The van der Waals surface area contributed by atoms with Gasteiger partial charge in [0.25, 0.3) is 0 Å². The lowest BCUT2D eigenvalue weighted by molar-refractivity contribution is 0.0957. The third kappa shape index (κ3) is 1.16. The van der Waals surface area contributed by atoms with Crippen LogP contribution in [0.15, 0.2) is 11.4 Å². The van der Waals surface area contributed by atoms with Crippen LogP contribution in [0.2, 0.25) is 0 Å². The van der Waals surface area contributed by atoms with Crippen LogP contribution in [0.4, 0.5) is 0 Å². The van der Waals surface area contributed by atoms with Crippen molar-refractivity contribution < 1.29 is 4.79 Å². The van der Waals surface area contributed by atoms with Gasteiger partial charge in [-0.3, -0.25) is 4.79 Å². The summed E-state index contributed by atoms with van der Waals surface area (Å²) in [4.78, 5) is 13.0. The molecule has 2 heterocycles. The number of carbonyl (C=O) groups is 1. The summed E-state index contributed by atoms with van der Waals surface area (Å²) >= 11 is 1.59. The lowest BCUT2D eigenvalue weighted by Gasteiger charge is -2.00. The van der Waals surface area contributed by atoms with E-state index in [1.165, 1.54) is 5.56 Å². The minimum atomic E-state index is 0.342. The molecule has 74 valence electrons. The molecule has 14 heavy (non-hydrogen) atoms. The summed E-state index contributed by atoms with van der Waals surface area (Å²) in [5.74, 6) is 2.02. The molecule has 2 aliphatic rings. The standard InChI is InChI=1S/C11H13NOS/c1-6-2-9(14-5-6)11(13)10-7-3-12-4-8(7)10/h2,5,7-8,10,12H,3-4H2,1H3. The monoisotopic (exact) mass is 207 g/mol. The Morgan fingerprint density at radius 2 is 2.21 bits per heavy atom. The molecule has 2 unspecified atom stereocenters. The number of hydrogen-bond donors (Lipinski definition) is 1. The fourth-order valence-corrected chi connectivity index (χ4v) is 3.42. The average molecular weight is 207 g/mol.